The van der Waals surface area contributed by atoms with E-state index in [2.05, 4.69) is 21.2 Å². The fraction of sp³-hybridized carbons (Fsp3) is 0.533. The molecule has 1 aromatic carbocycles. The number of likely N-dealkylation sites (tertiary alicyclic amines) is 1. The van der Waals surface area contributed by atoms with Crippen LogP contribution in [0.1, 0.15) is 19.8 Å². The Hall–Kier alpha value is -0.780. The van der Waals surface area contributed by atoms with Gasteiger partial charge in [-0.2, -0.15) is 0 Å². The highest BCUT2D eigenvalue weighted by molar-refractivity contribution is 9.10. The maximum Gasteiger partial charge on any atom is 0.263 e. The molecule has 0 saturated carbocycles. The number of hydrogen-bond acceptors (Lipinski definition) is 3. The molecular formula is C15H20BrClN2O2. The molecule has 0 aliphatic carbocycles. The van der Waals surface area contributed by atoms with E-state index < -0.39 is 6.10 Å². The third-order valence-electron chi connectivity index (χ3n) is 3.76. The molecule has 0 unspecified atom stereocenters. The topological polar surface area (TPSA) is 41.6 Å². The molecule has 1 atom stereocenters. The molecule has 0 bridgehead atoms. The van der Waals surface area contributed by atoms with Gasteiger partial charge >= 0.3 is 0 Å². The molecule has 1 saturated heterocycles. The van der Waals surface area contributed by atoms with Gasteiger partial charge in [0.1, 0.15) is 5.75 Å². The summed E-state index contributed by atoms with van der Waals surface area (Å²) in [7, 11) is 1.96. The van der Waals surface area contributed by atoms with Crippen LogP contribution in [0.5, 0.6) is 5.75 Å². The molecule has 116 valence electrons. The van der Waals surface area contributed by atoms with Gasteiger partial charge in [0.05, 0.1) is 4.47 Å². The van der Waals surface area contributed by atoms with Crippen molar-refractivity contribution >= 4 is 33.4 Å². The lowest BCUT2D eigenvalue weighted by Gasteiger charge is -2.33. The Morgan fingerprint density at radius 3 is 2.71 bits per heavy atom. The Labute approximate surface area is 138 Å². The van der Waals surface area contributed by atoms with E-state index in [0.29, 0.717) is 16.8 Å². The second-order valence-corrected chi connectivity index (χ2v) is 6.51. The number of hydrogen-bond donors (Lipinski definition) is 1. The minimum absolute atomic E-state index is 0.0337. The van der Waals surface area contributed by atoms with E-state index in [0.717, 1.165) is 30.4 Å². The van der Waals surface area contributed by atoms with Crippen LogP contribution in [0.15, 0.2) is 22.7 Å². The van der Waals surface area contributed by atoms with Crippen molar-refractivity contribution in [3.63, 3.8) is 0 Å². The number of ether oxygens (including phenoxy) is 1. The minimum Gasteiger partial charge on any atom is -0.480 e. The van der Waals surface area contributed by atoms with Gasteiger partial charge in [-0.15, -0.1) is 0 Å². The fourth-order valence-electron chi connectivity index (χ4n) is 2.46. The smallest absolute Gasteiger partial charge is 0.263 e. The number of halogens is 2. The number of nitrogens with one attached hydrogen (secondary N) is 1. The lowest BCUT2D eigenvalue weighted by molar-refractivity contribution is -0.139. The van der Waals surface area contributed by atoms with Crippen molar-refractivity contribution in [2.45, 2.75) is 31.9 Å². The molecule has 0 radical (unpaired) electrons. The van der Waals surface area contributed by atoms with Crippen LogP contribution in [0.3, 0.4) is 0 Å². The highest BCUT2D eigenvalue weighted by atomic mass is 79.9. The van der Waals surface area contributed by atoms with Gasteiger partial charge < -0.3 is 15.0 Å². The van der Waals surface area contributed by atoms with E-state index in [1.165, 1.54) is 0 Å². The van der Waals surface area contributed by atoms with Gasteiger partial charge in [-0.05, 0) is 60.9 Å². The van der Waals surface area contributed by atoms with E-state index in [9.17, 15) is 4.79 Å². The number of amides is 1. The molecule has 1 N–H and O–H groups in total. The molecule has 6 heteroatoms. The molecule has 21 heavy (non-hydrogen) atoms. The van der Waals surface area contributed by atoms with E-state index in [4.69, 9.17) is 16.3 Å². The first-order valence-corrected chi connectivity index (χ1v) is 8.26. The summed E-state index contributed by atoms with van der Waals surface area (Å²) in [4.78, 5) is 14.3. The number of carbonyl (C=O) groups is 1. The molecule has 2 rings (SSSR count). The second-order valence-electron chi connectivity index (χ2n) is 5.22. The first-order chi connectivity index (χ1) is 10.0. The largest absolute Gasteiger partial charge is 0.480 e. The molecule has 4 nitrogen and oxygen atoms in total. The maximum absolute atomic E-state index is 12.4. The molecule has 1 aliphatic rings. The maximum atomic E-state index is 12.4. The van der Waals surface area contributed by atoms with Gasteiger partial charge in [-0.1, -0.05) is 11.6 Å². The minimum atomic E-state index is -0.506. The monoisotopic (exact) mass is 374 g/mol. The molecular weight excluding hydrogens is 356 g/mol. The van der Waals surface area contributed by atoms with Crippen LogP contribution in [0.25, 0.3) is 0 Å². The van der Waals surface area contributed by atoms with Crippen molar-refractivity contribution in [1.82, 2.24) is 10.2 Å². The summed E-state index contributed by atoms with van der Waals surface area (Å²) < 4.78 is 6.51. The van der Waals surface area contributed by atoms with Crippen molar-refractivity contribution in [2.24, 2.45) is 0 Å². The number of carbonyl (C=O) groups excluding carboxylic acids is 1. The number of benzene rings is 1. The van der Waals surface area contributed by atoms with Gasteiger partial charge in [0, 0.05) is 24.2 Å². The van der Waals surface area contributed by atoms with Crippen LogP contribution in [0, 0.1) is 0 Å². The van der Waals surface area contributed by atoms with Gasteiger partial charge in [-0.25, -0.2) is 0 Å². The third kappa shape index (κ3) is 4.34. The summed E-state index contributed by atoms with van der Waals surface area (Å²) in [5.74, 6) is 0.664. The summed E-state index contributed by atoms with van der Waals surface area (Å²) in [6.45, 7) is 3.34. The van der Waals surface area contributed by atoms with E-state index in [-0.39, 0.29) is 5.91 Å². The van der Waals surface area contributed by atoms with Crippen LogP contribution in [0.2, 0.25) is 5.02 Å². The molecule has 1 amide bonds. The van der Waals surface area contributed by atoms with Crippen LogP contribution >= 0.6 is 27.5 Å². The van der Waals surface area contributed by atoms with Gasteiger partial charge in [0.25, 0.3) is 5.91 Å². The summed E-state index contributed by atoms with van der Waals surface area (Å²) in [6, 6.07) is 5.78. The Morgan fingerprint density at radius 1 is 1.48 bits per heavy atom. The Bertz CT molecular complexity index is 504. The highest BCUT2D eigenvalue weighted by Crippen LogP contribution is 2.29. The SMILES string of the molecule is CNC1CCN(C(=O)[C@H](C)Oc2ccc(Cl)cc2Br)CC1. The summed E-state index contributed by atoms with van der Waals surface area (Å²) >= 11 is 9.29. The van der Waals surface area contributed by atoms with Crippen LogP contribution in [-0.2, 0) is 4.79 Å². The molecule has 1 aromatic rings. The summed E-state index contributed by atoms with van der Waals surface area (Å²) in [5, 5.41) is 3.88. The van der Waals surface area contributed by atoms with Crippen molar-refractivity contribution in [2.75, 3.05) is 20.1 Å². The molecule has 1 heterocycles. The Kier molecular flexibility index (Phi) is 5.90. The molecule has 0 spiro atoms. The Balaban J connectivity index is 1.93. The molecule has 1 fully saturated rings. The van der Waals surface area contributed by atoms with Gasteiger partial charge in [-0.3, -0.25) is 4.79 Å². The summed E-state index contributed by atoms with van der Waals surface area (Å²) in [5.41, 5.74) is 0. The quantitative estimate of drug-likeness (QED) is 0.879. The van der Waals surface area contributed by atoms with Gasteiger partial charge in [0.15, 0.2) is 6.10 Å². The number of nitrogens with zero attached hydrogens (tertiary/aromatic N) is 1. The lowest BCUT2D eigenvalue weighted by atomic mass is 10.0. The third-order valence-corrected chi connectivity index (χ3v) is 4.62. The normalized spacial score (nSPS) is 17.6. The second kappa shape index (κ2) is 7.47. The van der Waals surface area contributed by atoms with Crippen LogP contribution < -0.4 is 10.1 Å². The zero-order valence-electron chi connectivity index (χ0n) is 12.2. The Morgan fingerprint density at radius 2 is 2.14 bits per heavy atom. The first kappa shape index (κ1) is 16.6. The fourth-order valence-corrected chi connectivity index (χ4v) is 3.23. The predicted molar refractivity (Wildman–Crippen MR) is 87.9 cm³/mol. The van der Waals surface area contributed by atoms with Gasteiger partial charge in [0.2, 0.25) is 0 Å². The van der Waals surface area contributed by atoms with E-state index in [1.807, 2.05) is 11.9 Å². The standard InChI is InChI=1S/C15H20BrClN2O2/c1-10(21-14-4-3-11(17)9-13(14)16)15(20)19-7-5-12(18-2)6-8-19/h3-4,9-10,12,18H,5-8H2,1-2H3/t10-/m0/s1. The lowest BCUT2D eigenvalue weighted by Crippen LogP contribution is -2.48. The van der Waals surface area contributed by atoms with Crippen molar-refractivity contribution in [1.29, 1.82) is 0 Å². The van der Waals surface area contributed by atoms with E-state index >= 15 is 0 Å². The first-order valence-electron chi connectivity index (χ1n) is 7.09. The van der Waals surface area contributed by atoms with Crippen molar-refractivity contribution in [3.8, 4) is 5.75 Å². The van der Waals surface area contributed by atoms with Crippen LogP contribution in [0.4, 0.5) is 0 Å². The number of rotatable bonds is 4. The van der Waals surface area contributed by atoms with Crippen molar-refractivity contribution < 1.29 is 9.53 Å². The van der Waals surface area contributed by atoms with Crippen molar-refractivity contribution in [3.05, 3.63) is 27.7 Å². The highest BCUT2D eigenvalue weighted by Gasteiger charge is 2.26. The molecule has 1 aliphatic heterocycles. The summed E-state index contributed by atoms with van der Waals surface area (Å²) in [6.07, 6.45) is 1.47. The predicted octanol–water partition coefficient (Wildman–Crippen LogP) is 3.08. The zero-order valence-corrected chi connectivity index (χ0v) is 14.6. The number of piperidine rings is 1. The zero-order chi connectivity index (χ0) is 15.4. The molecule has 0 aromatic heterocycles. The van der Waals surface area contributed by atoms with Crippen LogP contribution in [-0.4, -0.2) is 43.1 Å². The van der Waals surface area contributed by atoms with E-state index in [1.54, 1.807) is 25.1 Å². The average molecular weight is 376 g/mol. The average Bonchev–Trinajstić information content (AvgIpc) is 2.49.